The summed E-state index contributed by atoms with van der Waals surface area (Å²) in [7, 11) is -3.75. The van der Waals surface area contributed by atoms with Crippen molar-refractivity contribution in [2.24, 2.45) is 10.1 Å². The van der Waals surface area contributed by atoms with E-state index in [0.717, 1.165) is 5.69 Å². The van der Waals surface area contributed by atoms with Crippen LogP contribution in [0.1, 0.15) is 12.5 Å². The third kappa shape index (κ3) is 3.44. The summed E-state index contributed by atoms with van der Waals surface area (Å²) in [5.74, 6) is 0.545. The van der Waals surface area contributed by atoms with E-state index in [2.05, 4.69) is 4.99 Å². The first kappa shape index (κ1) is 16.9. The summed E-state index contributed by atoms with van der Waals surface area (Å²) in [5, 5.41) is 16.1. The van der Waals surface area contributed by atoms with Crippen LogP contribution in [0.25, 0.3) is 0 Å². The molecule has 1 heterocycles. The van der Waals surface area contributed by atoms with Crippen LogP contribution in [0, 0.1) is 0 Å². The zero-order valence-corrected chi connectivity index (χ0v) is 14.4. The van der Waals surface area contributed by atoms with E-state index in [0.29, 0.717) is 16.4 Å². The number of primary sulfonamides is 1. The number of β-amino-alcohol motifs (C(OH)–C–C–N with tert-alkyl or cyclic N) is 1. The molecule has 1 aliphatic heterocycles. The fraction of sp³-hybridized carbons (Fsp3) is 0.188. The van der Waals surface area contributed by atoms with Crippen molar-refractivity contribution in [3.8, 4) is 0 Å². The van der Waals surface area contributed by atoms with Crippen LogP contribution in [0.4, 0.5) is 5.69 Å². The predicted molar refractivity (Wildman–Crippen MR) is 93.8 cm³/mol. The van der Waals surface area contributed by atoms with Gasteiger partial charge >= 0.3 is 0 Å². The Morgan fingerprint density at radius 3 is 2.29 bits per heavy atom. The van der Waals surface area contributed by atoms with Crippen LogP contribution >= 0.6 is 11.6 Å². The molecule has 0 spiro atoms. The molecule has 0 aliphatic carbocycles. The second kappa shape index (κ2) is 5.86. The molecule has 0 amide bonds. The number of halogens is 1. The molecule has 2 aromatic carbocycles. The zero-order chi connectivity index (χ0) is 17.5. The number of nitrogens with two attached hydrogens (primary N) is 1. The first-order valence-electron chi connectivity index (χ1n) is 7.14. The summed E-state index contributed by atoms with van der Waals surface area (Å²) >= 11 is 5.92. The predicted octanol–water partition coefficient (Wildman–Crippen LogP) is 1.96. The Bertz CT molecular complexity index is 891. The van der Waals surface area contributed by atoms with E-state index in [4.69, 9.17) is 16.7 Å². The molecule has 3 rings (SSSR count). The van der Waals surface area contributed by atoms with Crippen LogP contribution in [0.15, 0.2) is 58.4 Å². The Morgan fingerprint density at radius 2 is 1.75 bits per heavy atom. The van der Waals surface area contributed by atoms with Gasteiger partial charge < -0.3 is 10.0 Å². The molecule has 6 nitrogen and oxygen atoms in total. The Kier molecular flexibility index (Phi) is 4.13. The van der Waals surface area contributed by atoms with Crippen molar-refractivity contribution in [1.82, 2.24) is 0 Å². The smallest absolute Gasteiger partial charge is 0.238 e. The third-order valence-corrected chi connectivity index (χ3v) is 4.82. The van der Waals surface area contributed by atoms with Gasteiger partial charge in [-0.1, -0.05) is 11.6 Å². The van der Waals surface area contributed by atoms with Crippen molar-refractivity contribution < 1.29 is 13.5 Å². The summed E-state index contributed by atoms with van der Waals surface area (Å²) in [6, 6.07) is 13.2. The van der Waals surface area contributed by atoms with Crippen molar-refractivity contribution in [1.29, 1.82) is 0 Å². The highest BCUT2D eigenvalue weighted by atomic mass is 35.5. The molecule has 0 fully saturated rings. The lowest BCUT2D eigenvalue weighted by Gasteiger charge is -2.22. The lowest BCUT2D eigenvalue weighted by Crippen LogP contribution is -2.34. The molecule has 0 bridgehead atoms. The minimum Gasteiger partial charge on any atom is -0.368 e. The fourth-order valence-corrected chi connectivity index (χ4v) is 3.19. The molecule has 8 heteroatoms. The normalized spacial score (nSPS) is 21.0. The summed E-state index contributed by atoms with van der Waals surface area (Å²) in [6.07, 6.45) is 0. The molecule has 1 atom stereocenters. The average Bonchev–Trinajstić information content (AvgIpc) is 2.83. The van der Waals surface area contributed by atoms with Gasteiger partial charge in [-0.2, -0.15) is 0 Å². The van der Waals surface area contributed by atoms with Crippen LogP contribution in [0.5, 0.6) is 0 Å². The topological polar surface area (TPSA) is 96.0 Å². The molecule has 126 valence electrons. The van der Waals surface area contributed by atoms with Crippen molar-refractivity contribution in [2.45, 2.75) is 17.5 Å². The second-order valence-corrected chi connectivity index (χ2v) is 7.78. The van der Waals surface area contributed by atoms with Gasteiger partial charge in [0.25, 0.3) is 0 Å². The highest BCUT2D eigenvalue weighted by Crippen LogP contribution is 2.29. The van der Waals surface area contributed by atoms with E-state index in [1.54, 1.807) is 31.2 Å². The SMILES string of the molecule is CC1(O)CN(c2ccc(Cl)cc2)C(c2ccc(S(N)(=O)=O)cc2)=N1. The molecule has 0 radical (unpaired) electrons. The van der Waals surface area contributed by atoms with E-state index < -0.39 is 15.7 Å². The molecular weight excluding hydrogens is 350 g/mol. The zero-order valence-electron chi connectivity index (χ0n) is 12.8. The minimum absolute atomic E-state index is 0.0228. The van der Waals surface area contributed by atoms with Crippen LogP contribution in [0.2, 0.25) is 5.02 Å². The largest absolute Gasteiger partial charge is 0.368 e. The van der Waals surface area contributed by atoms with Crippen molar-refractivity contribution in [3.05, 3.63) is 59.1 Å². The molecule has 24 heavy (non-hydrogen) atoms. The number of aliphatic imine (C=N–C) groups is 1. The summed E-state index contributed by atoms with van der Waals surface area (Å²) in [5.41, 5.74) is 0.259. The van der Waals surface area contributed by atoms with Gasteiger partial charge in [0.15, 0.2) is 5.72 Å². The standard InChI is InChI=1S/C16H16ClN3O3S/c1-16(21)10-20(13-6-4-12(17)5-7-13)15(19-16)11-2-8-14(9-3-11)24(18,22)23/h2-9,21H,10H2,1H3,(H2,18,22,23). The van der Waals surface area contributed by atoms with Gasteiger partial charge in [0.2, 0.25) is 10.0 Å². The monoisotopic (exact) mass is 365 g/mol. The number of sulfonamides is 1. The van der Waals surface area contributed by atoms with Crippen molar-refractivity contribution in [3.63, 3.8) is 0 Å². The van der Waals surface area contributed by atoms with Gasteiger partial charge in [-0.3, -0.25) is 0 Å². The van der Waals surface area contributed by atoms with E-state index in [1.165, 1.54) is 12.1 Å². The second-order valence-electron chi connectivity index (χ2n) is 5.78. The van der Waals surface area contributed by atoms with E-state index >= 15 is 0 Å². The van der Waals surface area contributed by atoms with Crippen molar-refractivity contribution in [2.75, 3.05) is 11.4 Å². The Balaban J connectivity index is 2.01. The molecule has 2 aromatic rings. The Morgan fingerprint density at radius 1 is 1.17 bits per heavy atom. The number of hydrogen-bond acceptors (Lipinski definition) is 5. The molecular formula is C16H16ClN3O3S. The minimum atomic E-state index is -3.75. The van der Waals surface area contributed by atoms with Gasteiger partial charge in [0, 0.05) is 16.3 Å². The number of hydrogen-bond donors (Lipinski definition) is 2. The fourth-order valence-electron chi connectivity index (χ4n) is 2.55. The lowest BCUT2D eigenvalue weighted by molar-refractivity contribution is 0.0879. The maximum Gasteiger partial charge on any atom is 0.238 e. The van der Waals surface area contributed by atoms with E-state index in [-0.39, 0.29) is 11.4 Å². The first-order chi connectivity index (χ1) is 11.2. The highest BCUT2D eigenvalue weighted by Gasteiger charge is 2.34. The van der Waals surface area contributed by atoms with Crippen LogP contribution < -0.4 is 10.0 Å². The number of nitrogens with zero attached hydrogens (tertiary/aromatic N) is 2. The molecule has 1 unspecified atom stereocenters. The third-order valence-electron chi connectivity index (χ3n) is 3.64. The van der Waals surface area contributed by atoms with Crippen LogP contribution in [0.3, 0.4) is 0 Å². The van der Waals surface area contributed by atoms with Gasteiger partial charge in [0.1, 0.15) is 5.84 Å². The first-order valence-corrected chi connectivity index (χ1v) is 9.07. The van der Waals surface area contributed by atoms with Gasteiger partial charge in [0.05, 0.1) is 11.4 Å². The summed E-state index contributed by atoms with van der Waals surface area (Å²) in [6.45, 7) is 1.89. The Hall–Kier alpha value is -1.93. The summed E-state index contributed by atoms with van der Waals surface area (Å²) in [4.78, 5) is 6.22. The van der Waals surface area contributed by atoms with Crippen LogP contribution in [-0.2, 0) is 10.0 Å². The Labute approximate surface area is 145 Å². The molecule has 0 saturated carbocycles. The van der Waals surface area contributed by atoms with Gasteiger partial charge in [-0.05, 0) is 55.5 Å². The number of amidine groups is 1. The van der Waals surface area contributed by atoms with Crippen molar-refractivity contribution >= 4 is 33.1 Å². The van der Waals surface area contributed by atoms with E-state index in [9.17, 15) is 13.5 Å². The number of benzene rings is 2. The number of rotatable bonds is 3. The van der Waals surface area contributed by atoms with Gasteiger partial charge in [-0.25, -0.2) is 18.5 Å². The maximum absolute atomic E-state index is 11.4. The average molecular weight is 366 g/mol. The highest BCUT2D eigenvalue weighted by molar-refractivity contribution is 7.89. The molecule has 1 aliphatic rings. The van der Waals surface area contributed by atoms with E-state index in [1.807, 2.05) is 17.0 Å². The summed E-state index contributed by atoms with van der Waals surface area (Å²) < 4.78 is 22.7. The molecule has 0 aromatic heterocycles. The van der Waals surface area contributed by atoms with Gasteiger partial charge in [-0.15, -0.1) is 0 Å². The molecule has 3 N–H and O–H groups in total. The quantitative estimate of drug-likeness (QED) is 0.869. The van der Waals surface area contributed by atoms with Crippen LogP contribution in [-0.4, -0.2) is 31.6 Å². The maximum atomic E-state index is 11.4. The number of anilines is 1. The lowest BCUT2D eigenvalue weighted by atomic mass is 10.2. The number of aliphatic hydroxyl groups is 1. The molecule has 0 saturated heterocycles.